The Morgan fingerprint density at radius 3 is 2.21 bits per heavy atom. The Bertz CT molecular complexity index is 2280. The number of carbonyl (C=O) groups excluding carboxylic acids is 1. The van der Waals surface area contributed by atoms with Gasteiger partial charge in [-0.25, -0.2) is 13.1 Å². The summed E-state index contributed by atoms with van der Waals surface area (Å²) >= 11 is 7.78. The second kappa shape index (κ2) is 19.2. The van der Waals surface area contributed by atoms with Gasteiger partial charge in [0.25, 0.3) is 21.6 Å². The molecule has 2 N–H and O–H groups in total. The zero-order chi connectivity index (χ0) is 40.5. The number of hydrogen-bond acceptors (Lipinski definition) is 10. The van der Waals surface area contributed by atoms with Gasteiger partial charge in [0.05, 0.1) is 9.82 Å². The summed E-state index contributed by atoms with van der Waals surface area (Å²) in [6, 6.07) is 36.7. The highest BCUT2D eigenvalue weighted by Crippen LogP contribution is 2.31. The number of carbonyl (C=O) groups is 1. The molecule has 5 aromatic carbocycles. The number of piperazine rings is 1. The van der Waals surface area contributed by atoms with Crippen molar-refractivity contribution in [2.45, 2.75) is 41.6 Å². The minimum Gasteiger partial charge on any atom is -0.376 e. The van der Waals surface area contributed by atoms with Crippen molar-refractivity contribution in [3.05, 3.63) is 148 Å². The first-order valence-electron chi connectivity index (χ1n) is 19.5. The van der Waals surface area contributed by atoms with E-state index in [4.69, 9.17) is 11.6 Å². The van der Waals surface area contributed by atoms with Crippen LogP contribution in [0.4, 0.5) is 17.1 Å². The van der Waals surface area contributed by atoms with Crippen LogP contribution in [-0.4, -0.2) is 86.7 Å². The number of anilines is 2. The summed E-state index contributed by atoms with van der Waals surface area (Å²) in [7, 11) is -4.43. The van der Waals surface area contributed by atoms with E-state index in [0.29, 0.717) is 10.8 Å². The Morgan fingerprint density at radius 2 is 1.50 bits per heavy atom. The number of amides is 1. The molecule has 14 heteroatoms. The molecule has 0 radical (unpaired) electrons. The lowest BCUT2D eigenvalue weighted by atomic mass is 9.99. The first-order valence-corrected chi connectivity index (χ1v) is 22.4. The Kier molecular flexibility index (Phi) is 13.7. The lowest BCUT2D eigenvalue weighted by molar-refractivity contribution is -0.384. The number of thioether (sulfide) groups is 1. The van der Waals surface area contributed by atoms with Crippen LogP contribution >= 0.6 is 23.4 Å². The predicted molar refractivity (Wildman–Crippen MR) is 233 cm³/mol. The van der Waals surface area contributed by atoms with Crippen LogP contribution in [0, 0.1) is 10.1 Å². The number of halogens is 1. The molecule has 2 fully saturated rings. The van der Waals surface area contributed by atoms with Crippen LogP contribution in [0.15, 0.2) is 131 Å². The van der Waals surface area contributed by atoms with Gasteiger partial charge < -0.3 is 15.1 Å². The van der Waals surface area contributed by atoms with Gasteiger partial charge in [-0.05, 0) is 110 Å². The topological polar surface area (TPSA) is 128 Å². The molecule has 0 unspecified atom stereocenters. The lowest BCUT2D eigenvalue weighted by Crippen LogP contribution is -2.46. The van der Waals surface area contributed by atoms with Crippen LogP contribution in [0.2, 0.25) is 5.02 Å². The number of nitro groups is 1. The Labute approximate surface area is 349 Å². The fourth-order valence-corrected chi connectivity index (χ4v) is 9.58. The van der Waals surface area contributed by atoms with Crippen LogP contribution in [-0.2, 0) is 16.6 Å². The third kappa shape index (κ3) is 10.8. The molecule has 2 aliphatic heterocycles. The zero-order valence-corrected chi connectivity index (χ0v) is 34.5. The van der Waals surface area contributed by atoms with Crippen molar-refractivity contribution in [1.82, 2.24) is 14.5 Å². The van der Waals surface area contributed by atoms with E-state index in [-0.39, 0.29) is 27.9 Å². The number of benzene rings is 5. The molecule has 0 spiro atoms. The van der Waals surface area contributed by atoms with Crippen LogP contribution in [0.1, 0.15) is 35.2 Å². The van der Waals surface area contributed by atoms with Gasteiger partial charge in [-0.1, -0.05) is 66.2 Å². The van der Waals surface area contributed by atoms with Crippen molar-refractivity contribution in [3.63, 3.8) is 0 Å². The minimum atomic E-state index is -4.43. The molecular formula is C44H47ClN6O5S2. The van der Waals surface area contributed by atoms with E-state index in [1.807, 2.05) is 72.8 Å². The van der Waals surface area contributed by atoms with E-state index in [1.165, 1.54) is 36.1 Å². The molecule has 0 bridgehead atoms. The molecule has 2 saturated heterocycles. The minimum absolute atomic E-state index is 0.109. The standard InChI is InChI=1S/C44H47ClN6O5S2/c45-36-16-12-33(13-17-36)41-11-5-4-8-35(41)31-49-26-28-50(29-27-49)38-18-14-34(15-19-38)44(52)47-58(55,56)40-20-21-42(43(30-40)51(53)54)46-37(22-25-48-23-6-7-24-48)32-57-39-9-2-1-3-10-39/h1-5,8-21,30,37,46H,6-7,22-29,31-32H2,(H,47,52)/t37-/m1/s1. The monoisotopic (exact) mass is 838 g/mol. The summed E-state index contributed by atoms with van der Waals surface area (Å²) in [4.78, 5) is 32.7. The molecular weight excluding hydrogens is 792 g/mol. The van der Waals surface area contributed by atoms with E-state index >= 15 is 0 Å². The van der Waals surface area contributed by atoms with E-state index in [2.05, 4.69) is 42.9 Å². The molecule has 11 nitrogen and oxygen atoms in total. The maximum atomic E-state index is 13.4. The number of sulfonamides is 1. The molecule has 0 aromatic heterocycles. The average molecular weight is 839 g/mol. The van der Waals surface area contributed by atoms with Crippen LogP contribution < -0.4 is 14.9 Å². The second-order valence-corrected chi connectivity index (χ2v) is 17.9. The fourth-order valence-electron chi connectivity index (χ4n) is 7.46. The highest BCUT2D eigenvalue weighted by molar-refractivity contribution is 7.99. The van der Waals surface area contributed by atoms with Crippen molar-refractivity contribution in [2.24, 2.45) is 0 Å². The van der Waals surface area contributed by atoms with E-state index < -0.39 is 20.9 Å². The molecule has 1 amide bonds. The number of nitrogens with one attached hydrogen (secondary N) is 2. The third-order valence-corrected chi connectivity index (χ3v) is 13.4. The molecule has 7 rings (SSSR count). The van der Waals surface area contributed by atoms with Gasteiger partial charge in [-0.15, -0.1) is 11.8 Å². The zero-order valence-electron chi connectivity index (χ0n) is 32.1. The molecule has 5 aromatic rings. The molecule has 2 aliphatic rings. The highest BCUT2D eigenvalue weighted by atomic mass is 35.5. The van der Waals surface area contributed by atoms with Crippen molar-refractivity contribution >= 4 is 56.4 Å². The van der Waals surface area contributed by atoms with Gasteiger partial charge in [-0.3, -0.25) is 19.8 Å². The van der Waals surface area contributed by atoms with E-state index in [1.54, 1.807) is 23.9 Å². The largest absolute Gasteiger partial charge is 0.376 e. The van der Waals surface area contributed by atoms with Crippen LogP contribution in [0.3, 0.4) is 0 Å². The van der Waals surface area contributed by atoms with Crippen molar-refractivity contribution in [1.29, 1.82) is 0 Å². The SMILES string of the molecule is O=C(NS(=O)(=O)c1ccc(N[C@H](CCN2CCCC2)CSc2ccccc2)c([N+](=O)[O-])c1)c1ccc(N2CCN(Cc3ccccc3-c3ccc(Cl)cc3)CC2)cc1. The van der Waals surface area contributed by atoms with Crippen LogP contribution in [0.5, 0.6) is 0 Å². The number of nitro benzene ring substituents is 1. The highest BCUT2D eigenvalue weighted by Gasteiger charge is 2.26. The number of hydrogen-bond donors (Lipinski definition) is 2. The van der Waals surface area contributed by atoms with E-state index in [9.17, 15) is 23.3 Å². The molecule has 302 valence electrons. The normalized spacial score (nSPS) is 15.6. The molecule has 0 saturated carbocycles. The quantitative estimate of drug-likeness (QED) is 0.0568. The lowest BCUT2D eigenvalue weighted by Gasteiger charge is -2.36. The molecule has 0 aliphatic carbocycles. The van der Waals surface area contributed by atoms with Gasteiger partial charge in [-0.2, -0.15) is 0 Å². The molecule has 2 heterocycles. The van der Waals surface area contributed by atoms with Gasteiger partial charge in [0.1, 0.15) is 5.69 Å². The number of likely N-dealkylation sites (tertiary alicyclic amines) is 1. The van der Waals surface area contributed by atoms with Crippen LogP contribution in [0.25, 0.3) is 11.1 Å². The Balaban J connectivity index is 0.957. The summed E-state index contributed by atoms with van der Waals surface area (Å²) in [5.41, 5.74) is 4.51. The summed E-state index contributed by atoms with van der Waals surface area (Å²) in [5, 5.41) is 16.3. The number of nitrogens with zero attached hydrogens (tertiary/aromatic N) is 4. The first-order chi connectivity index (χ1) is 28.1. The van der Waals surface area contributed by atoms with Gasteiger partial charge in [0, 0.05) is 78.3 Å². The summed E-state index contributed by atoms with van der Waals surface area (Å²) in [5.74, 6) is -0.151. The first kappa shape index (κ1) is 41.2. The summed E-state index contributed by atoms with van der Waals surface area (Å²) < 4.78 is 29.0. The van der Waals surface area contributed by atoms with Crippen molar-refractivity contribution in [2.75, 3.05) is 61.8 Å². The Hall–Kier alpha value is -4.92. The Morgan fingerprint density at radius 1 is 0.810 bits per heavy atom. The average Bonchev–Trinajstić information content (AvgIpc) is 3.77. The van der Waals surface area contributed by atoms with Gasteiger partial charge >= 0.3 is 0 Å². The maximum absolute atomic E-state index is 13.4. The predicted octanol–water partition coefficient (Wildman–Crippen LogP) is 8.41. The van der Waals surface area contributed by atoms with Gasteiger partial charge in [0.2, 0.25) is 0 Å². The molecule has 1 atom stereocenters. The second-order valence-electron chi connectivity index (χ2n) is 14.6. The van der Waals surface area contributed by atoms with Crippen molar-refractivity contribution in [3.8, 4) is 11.1 Å². The fraction of sp³-hybridized carbons (Fsp3) is 0.295. The van der Waals surface area contributed by atoms with E-state index in [0.717, 1.165) is 81.0 Å². The molecule has 58 heavy (non-hydrogen) atoms. The maximum Gasteiger partial charge on any atom is 0.293 e. The smallest absolute Gasteiger partial charge is 0.293 e. The summed E-state index contributed by atoms with van der Waals surface area (Å²) in [6.45, 7) is 7.04. The van der Waals surface area contributed by atoms with Crippen molar-refractivity contribution < 1.29 is 18.1 Å². The number of rotatable bonds is 16. The third-order valence-electron chi connectivity index (χ3n) is 10.7. The van der Waals surface area contributed by atoms with Gasteiger partial charge in [0.15, 0.2) is 0 Å². The summed E-state index contributed by atoms with van der Waals surface area (Å²) in [6.07, 6.45) is 3.10.